The topological polar surface area (TPSA) is 51.0 Å². The highest BCUT2D eigenvalue weighted by atomic mass is 16.2. The summed E-state index contributed by atoms with van der Waals surface area (Å²) in [7, 11) is 0. The van der Waals surface area contributed by atoms with E-state index in [0.29, 0.717) is 23.8 Å². The molecule has 1 aliphatic heterocycles. The summed E-state index contributed by atoms with van der Waals surface area (Å²) < 4.78 is 1.84. The molecule has 1 saturated carbocycles. The predicted molar refractivity (Wildman–Crippen MR) is 77.5 cm³/mol. The number of rotatable bonds is 3. The summed E-state index contributed by atoms with van der Waals surface area (Å²) in [5.74, 6) is 1.30. The van der Waals surface area contributed by atoms with Crippen LogP contribution in [-0.4, -0.2) is 38.7 Å². The van der Waals surface area contributed by atoms with Gasteiger partial charge in [0, 0.05) is 19.0 Å². The predicted octanol–water partition coefficient (Wildman–Crippen LogP) is 1.71. The second-order valence-corrected chi connectivity index (χ2v) is 6.09. The summed E-state index contributed by atoms with van der Waals surface area (Å²) in [4.78, 5) is 18.5. The van der Waals surface area contributed by atoms with Crippen molar-refractivity contribution in [2.75, 3.05) is 13.1 Å². The molecule has 1 saturated heterocycles. The van der Waals surface area contributed by atoms with Gasteiger partial charge in [-0.15, -0.1) is 0 Å². The molecule has 0 bridgehead atoms. The Hall–Kier alpha value is -2.17. The van der Waals surface area contributed by atoms with Crippen LogP contribution in [0.4, 0.5) is 0 Å². The van der Waals surface area contributed by atoms with Crippen LogP contribution in [0.3, 0.4) is 0 Å². The number of hydrogen-bond donors (Lipinski definition) is 0. The Morgan fingerprint density at radius 2 is 2.00 bits per heavy atom. The van der Waals surface area contributed by atoms with Crippen LogP contribution in [0.5, 0.6) is 0 Å². The van der Waals surface area contributed by atoms with Crippen LogP contribution in [0.15, 0.2) is 43.0 Å². The van der Waals surface area contributed by atoms with Crippen molar-refractivity contribution in [3.63, 3.8) is 0 Å². The quantitative estimate of drug-likeness (QED) is 0.861. The number of aromatic nitrogens is 3. The Bertz CT molecular complexity index is 634. The zero-order valence-electron chi connectivity index (χ0n) is 12.0. The molecule has 108 valence electrons. The first-order valence-corrected chi connectivity index (χ1v) is 7.43. The van der Waals surface area contributed by atoms with Gasteiger partial charge in [-0.3, -0.25) is 4.79 Å². The van der Waals surface area contributed by atoms with Crippen LogP contribution < -0.4 is 0 Å². The van der Waals surface area contributed by atoms with E-state index in [-0.39, 0.29) is 5.92 Å². The van der Waals surface area contributed by atoms with Gasteiger partial charge in [-0.2, -0.15) is 5.10 Å². The summed E-state index contributed by atoms with van der Waals surface area (Å²) in [5.41, 5.74) is 1.29. The standard InChI is InChI=1S/C16H18N4O/c1-11-14(12-5-3-2-4-6-12)15(11)16(21)19-7-13(8-19)20-10-17-9-18-20/h2-6,9-11,13-15H,7-8H2,1H3. The molecule has 1 aromatic heterocycles. The van der Waals surface area contributed by atoms with Gasteiger partial charge in [0.2, 0.25) is 5.91 Å². The molecule has 3 unspecified atom stereocenters. The number of benzene rings is 1. The normalized spacial score (nSPS) is 28.2. The minimum absolute atomic E-state index is 0.157. The second-order valence-electron chi connectivity index (χ2n) is 6.09. The zero-order valence-corrected chi connectivity index (χ0v) is 12.0. The first-order chi connectivity index (χ1) is 10.3. The second kappa shape index (κ2) is 4.69. The fourth-order valence-corrected chi connectivity index (χ4v) is 3.45. The van der Waals surface area contributed by atoms with E-state index in [1.165, 1.54) is 5.56 Å². The van der Waals surface area contributed by atoms with Crippen LogP contribution in [0.1, 0.15) is 24.4 Å². The summed E-state index contributed by atoms with van der Waals surface area (Å²) in [6.07, 6.45) is 3.26. The largest absolute Gasteiger partial charge is 0.338 e. The van der Waals surface area contributed by atoms with Crippen LogP contribution in [0.25, 0.3) is 0 Å². The number of carbonyl (C=O) groups excluding carboxylic acids is 1. The summed E-state index contributed by atoms with van der Waals surface area (Å²) in [5, 5.41) is 4.14. The van der Waals surface area contributed by atoms with Crippen molar-refractivity contribution in [1.29, 1.82) is 0 Å². The van der Waals surface area contributed by atoms with E-state index in [1.54, 1.807) is 12.7 Å². The number of amides is 1. The van der Waals surface area contributed by atoms with E-state index in [9.17, 15) is 4.79 Å². The summed E-state index contributed by atoms with van der Waals surface area (Å²) >= 11 is 0. The van der Waals surface area contributed by atoms with Gasteiger partial charge in [0.25, 0.3) is 0 Å². The van der Waals surface area contributed by atoms with Crippen molar-refractivity contribution in [2.24, 2.45) is 11.8 Å². The minimum atomic E-state index is 0.157. The molecule has 21 heavy (non-hydrogen) atoms. The molecule has 1 aromatic carbocycles. The SMILES string of the molecule is CC1C(C(=O)N2CC(n3cncn3)C2)C1c1ccccc1. The van der Waals surface area contributed by atoms with E-state index in [1.807, 2.05) is 27.8 Å². The van der Waals surface area contributed by atoms with Crippen LogP contribution in [0.2, 0.25) is 0 Å². The van der Waals surface area contributed by atoms with Gasteiger partial charge in [-0.1, -0.05) is 37.3 Å². The van der Waals surface area contributed by atoms with E-state index >= 15 is 0 Å². The number of hydrogen-bond acceptors (Lipinski definition) is 3. The molecular formula is C16H18N4O. The van der Waals surface area contributed by atoms with Crippen molar-refractivity contribution in [3.8, 4) is 0 Å². The molecule has 0 radical (unpaired) electrons. The molecule has 0 N–H and O–H groups in total. The first-order valence-electron chi connectivity index (χ1n) is 7.43. The van der Waals surface area contributed by atoms with Gasteiger partial charge in [0.05, 0.1) is 6.04 Å². The molecule has 1 aliphatic carbocycles. The maximum atomic E-state index is 12.6. The molecule has 2 heterocycles. The van der Waals surface area contributed by atoms with E-state index in [2.05, 4.69) is 29.1 Å². The molecule has 2 aliphatic rings. The van der Waals surface area contributed by atoms with Gasteiger partial charge >= 0.3 is 0 Å². The van der Waals surface area contributed by atoms with Crippen molar-refractivity contribution >= 4 is 5.91 Å². The van der Waals surface area contributed by atoms with Crippen LogP contribution >= 0.6 is 0 Å². The molecule has 2 fully saturated rings. The van der Waals surface area contributed by atoms with Crippen LogP contribution in [-0.2, 0) is 4.79 Å². The third-order valence-electron chi connectivity index (χ3n) is 4.83. The lowest BCUT2D eigenvalue weighted by Gasteiger charge is -2.39. The molecule has 5 heteroatoms. The maximum Gasteiger partial charge on any atom is 0.226 e. The molecular weight excluding hydrogens is 264 g/mol. The Kier molecular flexibility index (Phi) is 2.80. The third-order valence-corrected chi connectivity index (χ3v) is 4.83. The summed E-state index contributed by atoms with van der Waals surface area (Å²) in [6, 6.07) is 10.7. The van der Waals surface area contributed by atoms with Gasteiger partial charge in [0.15, 0.2) is 0 Å². The van der Waals surface area contributed by atoms with Gasteiger partial charge < -0.3 is 4.90 Å². The Labute approximate surface area is 123 Å². The fraction of sp³-hybridized carbons (Fsp3) is 0.438. The lowest BCUT2D eigenvalue weighted by Crippen LogP contribution is -2.51. The van der Waals surface area contributed by atoms with Crippen molar-refractivity contribution in [3.05, 3.63) is 48.5 Å². The van der Waals surface area contributed by atoms with Crippen molar-refractivity contribution in [1.82, 2.24) is 19.7 Å². The Morgan fingerprint density at radius 3 is 2.67 bits per heavy atom. The maximum absolute atomic E-state index is 12.6. The number of likely N-dealkylation sites (tertiary alicyclic amines) is 1. The number of carbonyl (C=O) groups is 1. The van der Waals surface area contributed by atoms with Crippen molar-refractivity contribution in [2.45, 2.75) is 18.9 Å². The van der Waals surface area contributed by atoms with Crippen molar-refractivity contribution < 1.29 is 4.79 Å². The Morgan fingerprint density at radius 1 is 1.24 bits per heavy atom. The highest BCUT2D eigenvalue weighted by Gasteiger charge is 2.54. The van der Waals surface area contributed by atoms with E-state index < -0.39 is 0 Å². The average molecular weight is 282 g/mol. The van der Waals surface area contributed by atoms with E-state index in [0.717, 1.165) is 13.1 Å². The monoisotopic (exact) mass is 282 g/mol. The highest BCUT2D eigenvalue weighted by Crippen LogP contribution is 2.54. The lowest BCUT2D eigenvalue weighted by molar-refractivity contribution is -0.139. The highest BCUT2D eigenvalue weighted by molar-refractivity contribution is 5.84. The molecule has 0 spiro atoms. The van der Waals surface area contributed by atoms with Crippen LogP contribution in [0, 0.1) is 11.8 Å². The van der Waals surface area contributed by atoms with Gasteiger partial charge in [-0.05, 0) is 17.4 Å². The first kappa shape index (κ1) is 12.6. The molecule has 5 nitrogen and oxygen atoms in total. The minimum Gasteiger partial charge on any atom is -0.338 e. The lowest BCUT2D eigenvalue weighted by atomic mass is 10.1. The molecule has 4 rings (SSSR count). The zero-order chi connectivity index (χ0) is 14.4. The van der Waals surface area contributed by atoms with E-state index in [4.69, 9.17) is 0 Å². The summed E-state index contributed by atoms with van der Waals surface area (Å²) in [6.45, 7) is 3.69. The molecule has 1 amide bonds. The fourth-order valence-electron chi connectivity index (χ4n) is 3.45. The molecule has 3 atom stereocenters. The smallest absolute Gasteiger partial charge is 0.226 e. The Balaban J connectivity index is 1.39. The van der Waals surface area contributed by atoms with Gasteiger partial charge in [0.1, 0.15) is 12.7 Å². The van der Waals surface area contributed by atoms with Gasteiger partial charge in [-0.25, -0.2) is 9.67 Å². The molecule has 2 aromatic rings. The third kappa shape index (κ3) is 2.04. The average Bonchev–Trinajstić information content (AvgIpc) is 2.86. The number of nitrogens with zero attached hydrogens (tertiary/aromatic N) is 4.